The Hall–Kier alpha value is -3.01. The van der Waals surface area contributed by atoms with E-state index >= 15 is 0 Å². The van der Waals surface area contributed by atoms with E-state index in [1.54, 1.807) is 54.7 Å². The Morgan fingerprint density at radius 1 is 0.718 bits per heavy atom. The molecule has 0 radical (unpaired) electrons. The SMILES string of the molecule is [C-]#[N+]C(C)(CCC(=O)CCCOCCOCCC(=O)O)CC(C)(CC(C)(CC(C)(SC(=S)SCC)C(=O)OCCOC)C(=O)OCCOCCCC(=O)OC(C)(C)C)C(=O)OCCSSc1ccccn1. The Morgan fingerprint density at radius 2 is 1.31 bits per heavy atom. The number of carboxylic acids is 1. The van der Waals surface area contributed by atoms with Crippen molar-refractivity contribution in [2.24, 2.45) is 10.8 Å². The minimum absolute atomic E-state index is 0.00297. The third kappa shape index (κ3) is 29.5. The molecular weight excluding hydrogens is 1020 g/mol. The Balaban J connectivity index is 3.51. The van der Waals surface area contributed by atoms with Crippen LogP contribution in [0, 0.1) is 17.4 Å². The topological polar surface area (TPSA) is 214 Å². The molecule has 402 valence electrons. The van der Waals surface area contributed by atoms with Gasteiger partial charge in [-0.15, -0.1) is 11.8 Å². The standard InChI is InChI=1S/C49H76N2O15S5/c1-11-68-44(67)70-49(8,43(58)64-30-26-59-10)36-47(6,42(57)63-31-29-61-24-15-18-40(55)66-45(2,3)4)34-46(5,41(56)65-32-33-69-71-38-17-12-13-22-51-38)35-48(7,50-9)21-19-37(52)16-14-23-60-27-28-62-25-20-39(53)54/h12-13,17,22H,11,14-16,18-21,23-36H2,1-8,10H3,(H,53,54). The number of hydrogen-bond acceptors (Lipinski definition) is 20. The number of rotatable bonds is 39. The molecule has 4 atom stereocenters. The van der Waals surface area contributed by atoms with Crippen molar-refractivity contribution in [3.05, 3.63) is 35.8 Å². The lowest BCUT2D eigenvalue weighted by Crippen LogP contribution is -2.49. The molecule has 17 nitrogen and oxygen atoms in total. The monoisotopic (exact) mass is 1090 g/mol. The van der Waals surface area contributed by atoms with Crippen LogP contribution in [0.15, 0.2) is 29.4 Å². The van der Waals surface area contributed by atoms with Crippen molar-refractivity contribution in [3.63, 3.8) is 0 Å². The Bertz CT molecular complexity index is 1850. The summed E-state index contributed by atoms with van der Waals surface area (Å²) in [4.78, 5) is 87.8. The average molecular weight is 1090 g/mol. The Morgan fingerprint density at radius 3 is 1.90 bits per heavy atom. The van der Waals surface area contributed by atoms with Crippen LogP contribution in [0.1, 0.15) is 120 Å². The number of pyridine rings is 1. The molecule has 0 saturated carbocycles. The highest BCUT2D eigenvalue weighted by atomic mass is 33.1. The molecule has 0 aliphatic heterocycles. The lowest BCUT2D eigenvalue weighted by atomic mass is 9.64. The molecule has 0 aliphatic carbocycles. The third-order valence-corrected chi connectivity index (χ3v) is 15.2. The quantitative estimate of drug-likeness (QED) is 0.0162. The van der Waals surface area contributed by atoms with Crippen LogP contribution in [0.3, 0.4) is 0 Å². The molecule has 0 aromatic carbocycles. The van der Waals surface area contributed by atoms with Crippen molar-refractivity contribution < 1.29 is 71.8 Å². The fraction of sp³-hybridized carbons (Fsp3) is 0.735. The van der Waals surface area contributed by atoms with Gasteiger partial charge in [0, 0.05) is 71.3 Å². The normalized spacial score (nSPS) is 14.9. The van der Waals surface area contributed by atoms with Crippen LogP contribution in [0.2, 0.25) is 0 Å². The number of carbonyl (C=O) groups excluding carboxylic acids is 5. The van der Waals surface area contributed by atoms with Crippen molar-refractivity contribution in [1.29, 1.82) is 0 Å². The summed E-state index contributed by atoms with van der Waals surface area (Å²) in [7, 11) is 4.34. The number of Topliss-reactive ketones (excluding diaryl/α,β-unsaturated/α-hetero) is 1. The maximum atomic E-state index is 14.7. The third-order valence-electron chi connectivity index (χ3n) is 10.3. The van der Waals surface area contributed by atoms with Crippen molar-refractivity contribution in [2.75, 3.05) is 84.7 Å². The first-order chi connectivity index (χ1) is 33.4. The van der Waals surface area contributed by atoms with E-state index in [0.29, 0.717) is 27.9 Å². The highest BCUT2D eigenvalue weighted by Gasteiger charge is 2.55. The summed E-state index contributed by atoms with van der Waals surface area (Å²) in [5.74, 6) is -2.47. The van der Waals surface area contributed by atoms with E-state index in [1.807, 2.05) is 25.1 Å². The van der Waals surface area contributed by atoms with Gasteiger partial charge in [0.25, 0.3) is 0 Å². The van der Waals surface area contributed by atoms with E-state index in [0.717, 1.165) is 16.8 Å². The zero-order valence-electron chi connectivity index (χ0n) is 43.0. The highest BCUT2D eigenvalue weighted by molar-refractivity contribution is 8.76. The molecule has 1 rings (SSSR count). The van der Waals surface area contributed by atoms with Gasteiger partial charge in [0.2, 0.25) is 5.54 Å². The predicted molar refractivity (Wildman–Crippen MR) is 282 cm³/mol. The molecule has 0 amide bonds. The number of carbonyl (C=O) groups is 6. The van der Waals surface area contributed by atoms with Crippen LogP contribution in [0.5, 0.6) is 0 Å². The highest BCUT2D eigenvalue weighted by Crippen LogP contribution is 2.50. The smallest absolute Gasteiger partial charge is 0.322 e. The average Bonchev–Trinajstić information content (AvgIpc) is 3.29. The largest absolute Gasteiger partial charge is 0.481 e. The van der Waals surface area contributed by atoms with Gasteiger partial charge < -0.3 is 47.8 Å². The van der Waals surface area contributed by atoms with E-state index < -0.39 is 50.6 Å². The Labute approximate surface area is 442 Å². The van der Waals surface area contributed by atoms with Gasteiger partial charge in [-0.25, -0.2) is 11.6 Å². The second-order valence-electron chi connectivity index (χ2n) is 18.6. The van der Waals surface area contributed by atoms with Crippen molar-refractivity contribution in [3.8, 4) is 0 Å². The first-order valence-corrected chi connectivity index (χ1v) is 28.1. The summed E-state index contributed by atoms with van der Waals surface area (Å²) in [6.45, 7) is 23.1. The maximum absolute atomic E-state index is 14.7. The van der Waals surface area contributed by atoms with Gasteiger partial charge in [0.15, 0.2) is 0 Å². The van der Waals surface area contributed by atoms with Gasteiger partial charge >= 0.3 is 29.8 Å². The zero-order valence-corrected chi connectivity index (χ0v) is 47.0. The number of methoxy groups -OCH3 is 1. The second kappa shape index (κ2) is 35.2. The summed E-state index contributed by atoms with van der Waals surface area (Å²) in [5, 5.41) is 9.52. The van der Waals surface area contributed by atoms with Gasteiger partial charge in [0.1, 0.15) is 44.5 Å². The molecule has 71 heavy (non-hydrogen) atoms. The first kappa shape index (κ1) is 66.0. The fourth-order valence-electron chi connectivity index (χ4n) is 7.30. The number of thioether (sulfide) groups is 2. The minimum Gasteiger partial charge on any atom is -0.481 e. The lowest BCUT2D eigenvalue weighted by Gasteiger charge is -2.41. The number of nitrogens with zero attached hydrogens (tertiary/aromatic N) is 2. The molecule has 0 aliphatic rings. The summed E-state index contributed by atoms with van der Waals surface area (Å²) in [6.07, 6.45) is 2.28. The van der Waals surface area contributed by atoms with Crippen molar-refractivity contribution in [1.82, 2.24) is 4.98 Å². The number of thiocarbonyl (C=S) groups is 1. The number of esters is 4. The molecular formula is C49H76N2O15S5. The molecule has 0 spiro atoms. The lowest BCUT2D eigenvalue weighted by molar-refractivity contribution is -0.167. The molecule has 1 aromatic heterocycles. The summed E-state index contributed by atoms with van der Waals surface area (Å²) < 4.78 is 43.4. The van der Waals surface area contributed by atoms with E-state index in [4.69, 9.17) is 61.8 Å². The molecule has 22 heteroatoms. The van der Waals surface area contributed by atoms with Gasteiger partial charge in [-0.3, -0.25) is 28.8 Å². The number of aromatic nitrogens is 1. The molecule has 0 bridgehead atoms. The van der Waals surface area contributed by atoms with Crippen LogP contribution in [-0.4, -0.2) is 150 Å². The van der Waals surface area contributed by atoms with E-state index in [9.17, 15) is 28.8 Å². The minimum atomic E-state index is -1.62. The molecule has 1 N–H and O–H groups in total. The molecule has 1 heterocycles. The summed E-state index contributed by atoms with van der Waals surface area (Å²) >= 11 is 8.13. The van der Waals surface area contributed by atoms with Crippen molar-refractivity contribution >= 4 is 96.5 Å². The van der Waals surface area contributed by atoms with Crippen molar-refractivity contribution in [2.45, 2.75) is 141 Å². The molecule has 0 saturated heterocycles. The van der Waals surface area contributed by atoms with Gasteiger partial charge in [-0.2, -0.15) is 0 Å². The molecule has 4 unspecified atom stereocenters. The fourth-order valence-corrected chi connectivity index (χ4v) is 12.2. The Kier molecular flexibility index (Phi) is 32.8. The number of hydrogen-bond donors (Lipinski definition) is 1. The van der Waals surface area contributed by atoms with Crippen LogP contribution < -0.4 is 0 Å². The summed E-state index contributed by atoms with van der Waals surface area (Å²) in [6, 6.07) is 5.54. The van der Waals surface area contributed by atoms with Crippen LogP contribution >= 0.6 is 57.3 Å². The molecule has 0 fully saturated rings. The van der Waals surface area contributed by atoms with E-state index in [1.165, 1.54) is 40.5 Å². The van der Waals surface area contributed by atoms with Gasteiger partial charge in [0.05, 0.1) is 50.3 Å². The predicted octanol–water partition coefficient (Wildman–Crippen LogP) is 9.26. The molecule has 1 aromatic rings. The zero-order chi connectivity index (χ0) is 53.4. The van der Waals surface area contributed by atoms with Gasteiger partial charge in [-0.05, 0) is 95.9 Å². The van der Waals surface area contributed by atoms with E-state index in [-0.39, 0.29) is 129 Å². The number of carboxylic acid groups (broad SMARTS) is 1. The summed E-state index contributed by atoms with van der Waals surface area (Å²) in [5.41, 5.74) is -5.08. The number of aliphatic carboxylic acids is 1. The van der Waals surface area contributed by atoms with E-state index in [2.05, 4.69) is 9.83 Å². The van der Waals surface area contributed by atoms with Gasteiger partial charge in [-0.1, -0.05) is 47.8 Å². The van der Waals surface area contributed by atoms with Crippen LogP contribution in [0.25, 0.3) is 4.85 Å². The maximum Gasteiger partial charge on any atom is 0.322 e. The number of ketones is 1. The number of ether oxygens (including phenoxy) is 8. The van der Waals surface area contributed by atoms with Crippen LogP contribution in [-0.2, 0) is 66.7 Å². The first-order valence-electron chi connectivity index (χ1n) is 23.6. The second-order valence-corrected chi connectivity index (χ2v) is 25.0. The van der Waals surface area contributed by atoms with Crippen LogP contribution in [0.4, 0.5) is 0 Å².